The number of imidazole rings is 1. The lowest BCUT2D eigenvalue weighted by Gasteiger charge is -2.21. The number of alkyl halides is 3. The van der Waals surface area contributed by atoms with E-state index in [1.165, 1.54) is 12.1 Å². The number of hydrazine groups is 1. The summed E-state index contributed by atoms with van der Waals surface area (Å²) in [6.45, 7) is 2.48. The number of hydrogen-bond acceptors (Lipinski definition) is 3. The molecule has 1 heterocycles. The number of benzene rings is 1. The van der Waals surface area contributed by atoms with Gasteiger partial charge in [-0.1, -0.05) is 18.2 Å². The largest absolute Gasteiger partial charge is 0.416 e. The van der Waals surface area contributed by atoms with Gasteiger partial charge < -0.3 is 4.57 Å². The fourth-order valence-corrected chi connectivity index (χ4v) is 2.16. The zero-order valence-electron chi connectivity index (χ0n) is 10.9. The summed E-state index contributed by atoms with van der Waals surface area (Å²) in [5.74, 6) is 5.91. The Labute approximate surface area is 114 Å². The quantitative estimate of drug-likeness (QED) is 0.670. The number of halogens is 3. The van der Waals surface area contributed by atoms with Gasteiger partial charge in [0.1, 0.15) is 11.9 Å². The highest BCUT2D eigenvalue weighted by Gasteiger charge is 2.35. The first kappa shape index (κ1) is 14.5. The summed E-state index contributed by atoms with van der Waals surface area (Å²) in [5.41, 5.74) is 1.77. The smallest absolute Gasteiger partial charge is 0.334 e. The van der Waals surface area contributed by atoms with Crippen LogP contribution >= 0.6 is 0 Å². The number of hydrogen-bond donors (Lipinski definition) is 2. The van der Waals surface area contributed by atoms with Gasteiger partial charge in [0, 0.05) is 18.9 Å². The molecule has 0 saturated heterocycles. The van der Waals surface area contributed by atoms with Gasteiger partial charge in [0.05, 0.1) is 5.56 Å². The third-order valence-electron chi connectivity index (χ3n) is 3.09. The van der Waals surface area contributed by atoms with Crippen molar-refractivity contribution in [3.63, 3.8) is 0 Å². The molecule has 0 saturated carbocycles. The zero-order valence-corrected chi connectivity index (χ0v) is 10.9. The Bertz CT molecular complexity index is 577. The summed E-state index contributed by atoms with van der Waals surface area (Å²) in [4.78, 5) is 4.11. The average molecular weight is 284 g/mol. The van der Waals surface area contributed by atoms with Crippen LogP contribution in [-0.2, 0) is 12.7 Å². The maximum Gasteiger partial charge on any atom is 0.416 e. The molecule has 1 aromatic carbocycles. The number of nitrogens with two attached hydrogens (primary N) is 1. The number of aromatic nitrogens is 2. The predicted octanol–water partition coefficient (Wildman–Crippen LogP) is 2.47. The van der Waals surface area contributed by atoms with Crippen molar-refractivity contribution in [3.05, 3.63) is 53.6 Å². The number of nitrogens with zero attached hydrogens (tertiary/aromatic N) is 2. The van der Waals surface area contributed by atoms with Crippen LogP contribution in [-0.4, -0.2) is 9.55 Å². The Kier molecular flexibility index (Phi) is 4.10. The molecule has 7 heteroatoms. The van der Waals surface area contributed by atoms with E-state index in [9.17, 15) is 13.2 Å². The molecular formula is C13H15F3N4. The molecule has 0 bridgehead atoms. The van der Waals surface area contributed by atoms with Gasteiger partial charge in [-0.25, -0.2) is 10.4 Å². The highest BCUT2D eigenvalue weighted by molar-refractivity contribution is 5.35. The van der Waals surface area contributed by atoms with Gasteiger partial charge in [-0.15, -0.1) is 0 Å². The first-order chi connectivity index (χ1) is 9.49. The molecule has 1 aromatic heterocycles. The molecule has 0 spiro atoms. The minimum atomic E-state index is -4.44. The zero-order chi connectivity index (χ0) is 14.8. The molecule has 0 fully saturated rings. The van der Waals surface area contributed by atoms with E-state index in [2.05, 4.69) is 10.4 Å². The van der Waals surface area contributed by atoms with Crippen molar-refractivity contribution in [2.75, 3.05) is 0 Å². The molecule has 0 aliphatic carbocycles. The van der Waals surface area contributed by atoms with Crippen LogP contribution in [0.5, 0.6) is 0 Å². The topological polar surface area (TPSA) is 55.9 Å². The van der Waals surface area contributed by atoms with E-state index >= 15 is 0 Å². The van der Waals surface area contributed by atoms with Crippen molar-refractivity contribution in [2.24, 2.45) is 5.84 Å². The fourth-order valence-electron chi connectivity index (χ4n) is 2.16. The maximum absolute atomic E-state index is 13.1. The van der Waals surface area contributed by atoms with Crippen molar-refractivity contribution in [1.29, 1.82) is 0 Å². The first-order valence-electron chi connectivity index (χ1n) is 6.12. The van der Waals surface area contributed by atoms with Crippen LogP contribution in [0, 0.1) is 0 Å². The second-order valence-corrected chi connectivity index (χ2v) is 4.26. The van der Waals surface area contributed by atoms with Gasteiger partial charge in [0.2, 0.25) is 0 Å². The van der Waals surface area contributed by atoms with E-state index in [1.807, 2.05) is 6.92 Å². The molecule has 0 aliphatic heterocycles. The fraction of sp³-hybridized carbons (Fsp3) is 0.308. The third kappa shape index (κ3) is 2.68. The second kappa shape index (κ2) is 5.64. The molecule has 2 rings (SSSR count). The Balaban J connectivity index is 2.53. The van der Waals surface area contributed by atoms with Gasteiger partial charge in [-0.2, -0.15) is 13.2 Å². The highest BCUT2D eigenvalue weighted by Crippen LogP contribution is 2.35. The van der Waals surface area contributed by atoms with E-state index in [-0.39, 0.29) is 5.56 Å². The average Bonchev–Trinajstić information content (AvgIpc) is 2.87. The van der Waals surface area contributed by atoms with Gasteiger partial charge in [-0.05, 0) is 18.6 Å². The van der Waals surface area contributed by atoms with Crippen LogP contribution in [0.3, 0.4) is 0 Å². The van der Waals surface area contributed by atoms with Gasteiger partial charge in [0.15, 0.2) is 0 Å². The van der Waals surface area contributed by atoms with Crippen LogP contribution in [0.1, 0.15) is 29.9 Å². The summed E-state index contributed by atoms with van der Waals surface area (Å²) >= 11 is 0. The van der Waals surface area contributed by atoms with Crippen molar-refractivity contribution in [1.82, 2.24) is 15.0 Å². The molecule has 4 nitrogen and oxygen atoms in total. The summed E-state index contributed by atoms with van der Waals surface area (Å²) in [5, 5.41) is 0. The lowest BCUT2D eigenvalue weighted by Crippen LogP contribution is -2.32. The van der Waals surface area contributed by atoms with E-state index in [0.717, 1.165) is 6.07 Å². The van der Waals surface area contributed by atoms with Crippen LogP contribution in [0.4, 0.5) is 13.2 Å². The van der Waals surface area contributed by atoms with E-state index in [4.69, 9.17) is 5.84 Å². The predicted molar refractivity (Wildman–Crippen MR) is 68.5 cm³/mol. The number of nitrogens with one attached hydrogen (secondary N) is 1. The molecule has 0 amide bonds. The number of rotatable bonds is 4. The Morgan fingerprint density at radius 1 is 1.35 bits per heavy atom. The Morgan fingerprint density at radius 3 is 2.65 bits per heavy atom. The van der Waals surface area contributed by atoms with Crippen LogP contribution in [0.2, 0.25) is 0 Å². The molecule has 2 aromatic rings. The second-order valence-electron chi connectivity index (χ2n) is 4.26. The van der Waals surface area contributed by atoms with Crippen LogP contribution in [0.15, 0.2) is 36.7 Å². The maximum atomic E-state index is 13.1. The molecule has 0 radical (unpaired) electrons. The van der Waals surface area contributed by atoms with Crippen molar-refractivity contribution in [3.8, 4) is 0 Å². The lowest BCUT2D eigenvalue weighted by atomic mass is 9.99. The van der Waals surface area contributed by atoms with Gasteiger partial charge in [-0.3, -0.25) is 5.84 Å². The normalized spacial score (nSPS) is 13.4. The highest BCUT2D eigenvalue weighted by atomic mass is 19.4. The molecule has 108 valence electrons. The third-order valence-corrected chi connectivity index (χ3v) is 3.09. The van der Waals surface area contributed by atoms with E-state index < -0.39 is 17.8 Å². The summed E-state index contributed by atoms with van der Waals surface area (Å²) < 4.78 is 41.0. The molecule has 1 atom stereocenters. The van der Waals surface area contributed by atoms with Crippen LogP contribution < -0.4 is 11.3 Å². The lowest BCUT2D eigenvalue weighted by molar-refractivity contribution is -0.138. The summed E-state index contributed by atoms with van der Waals surface area (Å²) in [6, 6.07) is 4.53. The SMILES string of the molecule is CCn1ccnc1C(NN)c1ccccc1C(F)(F)F. The Morgan fingerprint density at radius 2 is 2.05 bits per heavy atom. The van der Waals surface area contributed by atoms with E-state index in [1.54, 1.807) is 23.0 Å². The number of aryl methyl sites for hydroxylation is 1. The standard InChI is InChI=1S/C13H15F3N4/c1-2-20-8-7-18-12(20)11(19-17)9-5-3-4-6-10(9)13(14,15)16/h3-8,11,19H,2,17H2,1H3. The Hall–Kier alpha value is -1.86. The van der Waals surface area contributed by atoms with Crippen molar-refractivity contribution >= 4 is 0 Å². The summed E-state index contributed by atoms with van der Waals surface area (Å²) in [6.07, 6.45) is -1.19. The molecule has 3 N–H and O–H groups in total. The monoisotopic (exact) mass is 284 g/mol. The van der Waals surface area contributed by atoms with Gasteiger partial charge >= 0.3 is 6.18 Å². The minimum Gasteiger partial charge on any atom is -0.334 e. The van der Waals surface area contributed by atoms with Crippen molar-refractivity contribution < 1.29 is 13.2 Å². The molecular weight excluding hydrogens is 269 g/mol. The van der Waals surface area contributed by atoms with Gasteiger partial charge in [0.25, 0.3) is 0 Å². The summed E-state index contributed by atoms with van der Waals surface area (Å²) in [7, 11) is 0. The van der Waals surface area contributed by atoms with Crippen molar-refractivity contribution in [2.45, 2.75) is 25.7 Å². The molecule has 0 aliphatic rings. The molecule has 1 unspecified atom stereocenters. The van der Waals surface area contributed by atoms with E-state index in [0.29, 0.717) is 12.4 Å². The molecule has 20 heavy (non-hydrogen) atoms. The minimum absolute atomic E-state index is 0.0587. The van der Waals surface area contributed by atoms with Crippen LogP contribution in [0.25, 0.3) is 0 Å². The first-order valence-corrected chi connectivity index (χ1v) is 6.12.